The maximum Gasteiger partial charge on any atom is 0.162 e. The molecule has 0 aliphatic heterocycles. The second-order valence-corrected chi connectivity index (χ2v) is 4.82. The van der Waals surface area contributed by atoms with Crippen molar-refractivity contribution < 1.29 is 13.5 Å². The van der Waals surface area contributed by atoms with E-state index in [-0.39, 0.29) is 0 Å². The summed E-state index contributed by atoms with van der Waals surface area (Å²) >= 11 is 0. The SMILES string of the molecule is Cc1cc(F)c(F)cc1OCCC1CCCC1. The Balaban J connectivity index is 1.87. The summed E-state index contributed by atoms with van der Waals surface area (Å²) in [4.78, 5) is 0. The van der Waals surface area contributed by atoms with E-state index in [4.69, 9.17) is 4.74 Å². The molecule has 1 aromatic rings. The molecular weight excluding hydrogens is 222 g/mol. The zero-order valence-corrected chi connectivity index (χ0v) is 10.1. The maximum atomic E-state index is 13.0. The first-order chi connectivity index (χ1) is 8.16. The molecule has 1 aromatic carbocycles. The van der Waals surface area contributed by atoms with Crippen molar-refractivity contribution in [2.45, 2.75) is 39.0 Å². The fraction of sp³-hybridized carbons (Fsp3) is 0.571. The van der Waals surface area contributed by atoms with E-state index in [1.54, 1.807) is 6.92 Å². The van der Waals surface area contributed by atoms with E-state index in [0.717, 1.165) is 18.4 Å². The van der Waals surface area contributed by atoms with Gasteiger partial charge in [-0.3, -0.25) is 0 Å². The van der Waals surface area contributed by atoms with Crippen LogP contribution >= 0.6 is 0 Å². The monoisotopic (exact) mass is 240 g/mol. The van der Waals surface area contributed by atoms with E-state index in [1.807, 2.05) is 0 Å². The number of halogens is 2. The van der Waals surface area contributed by atoms with Gasteiger partial charge in [-0.2, -0.15) is 0 Å². The number of hydrogen-bond acceptors (Lipinski definition) is 1. The molecule has 0 radical (unpaired) electrons. The smallest absolute Gasteiger partial charge is 0.162 e. The van der Waals surface area contributed by atoms with E-state index in [2.05, 4.69) is 0 Å². The van der Waals surface area contributed by atoms with Gasteiger partial charge in [0, 0.05) is 6.07 Å². The summed E-state index contributed by atoms with van der Waals surface area (Å²) in [7, 11) is 0. The third-order valence-corrected chi connectivity index (χ3v) is 3.48. The third kappa shape index (κ3) is 3.18. The summed E-state index contributed by atoms with van der Waals surface area (Å²) in [5, 5.41) is 0. The topological polar surface area (TPSA) is 9.23 Å². The molecule has 1 fully saturated rings. The first-order valence-electron chi connectivity index (χ1n) is 6.25. The van der Waals surface area contributed by atoms with E-state index in [0.29, 0.717) is 17.9 Å². The normalized spacial score (nSPS) is 16.4. The van der Waals surface area contributed by atoms with Crippen LogP contribution in [-0.4, -0.2) is 6.61 Å². The van der Waals surface area contributed by atoms with Gasteiger partial charge in [0.15, 0.2) is 11.6 Å². The molecule has 0 saturated heterocycles. The molecule has 3 heteroatoms. The lowest BCUT2D eigenvalue weighted by Crippen LogP contribution is -2.05. The van der Waals surface area contributed by atoms with Gasteiger partial charge in [-0.05, 0) is 30.9 Å². The Morgan fingerprint density at radius 3 is 2.53 bits per heavy atom. The van der Waals surface area contributed by atoms with Crippen molar-refractivity contribution in [3.05, 3.63) is 29.3 Å². The first-order valence-corrected chi connectivity index (χ1v) is 6.25. The highest BCUT2D eigenvalue weighted by atomic mass is 19.2. The van der Waals surface area contributed by atoms with E-state index in [1.165, 1.54) is 31.7 Å². The van der Waals surface area contributed by atoms with Crippen molar-refractivity contribution in [2.24, 2.45) is 5.92 Å². The number of hydrogen-bond donors (Lipinski definition) is 0. The van der Waals surface area contributed by atoms with Gasteiger partial charge in [0.1, 0.15) is 5.75 Å². The second kappa shape index (κ2) is 5.48. The summed E-state index contributed by atoms with van der Waals surface area (Å²) in [6.07, 6.45) is 6.20. The number of ether oxygens (including phenoxy) is 1. The van der Waals surface area contributed by atoms with Crippen LogP contribution in [0.5, 0.6) is 5.75 Å². The Kier molecular flexibility index (Phi) is 3.97. The minimum Gasteiger partial charge on any atom is -0.493 e. The largest absolute Gasteiger partial charge is 0.493 e. The molecule has 1 aliphatic carbocycles. The van der Waals surface area contributed by atoms with Gasteiger partial charge in [0.05, 0.1) is 6.61 Å². The summed E-state index contributed by atoms with van der Waals surface area (Å²) in [6, 6.07) is 2.32. The molecule has 1 nitrogen and oxygen atoms in total. The van der Waals surface area contributed by atoms with Crippen LogP contribution in [0.4, 0.5) is 8.78 Å². The third-order valence-electron chi connectivity index (χ3n) is 3.48. The number of rotatable bonds is 4. The highest BCUT2D eigenvalue weighted by Gasteiger charge is 2.15. The fourth-order valence-corrected chi connectivity index (χ4v) is 2.42. The summed E-state index contributed by atoms with van der Waals surface area (Å²) in [6.45, 7) is 2.32. The molecule has 0 heterocycles. The summed E-state index contributed by atoms with van der Waals surface area (Å²) in [5.41, 5.74) is 0.648. The van der Waals surface area contributed by atoms with Crippen LogP contribution < -0.4 is 4.74 Å². The fourth-order valence-electron chi connectivity index (χ4n) is 2.42. The van der Waals surface area contributed by atoms with Crippen molar-refractivity contribution in [2.75, 3.05) is 6.61 Å². The lowest BCUT2D eigenvalue weighted by molar-refractivity contribution is 0.275. The van der Waals surface area contributed by atoms with Gasteiger partial charge >= 0.3 is 0 Å². The first kappa shape index (κ1) is 12.3. The van der Waals surface area contributed by atoms with Crippen LogP contribution in [0.1, 0.15) is 37.7 Å². The minimum absolute atomic E-state index is 0.460. The Morgan fingerprint density at radius 2 is 1.82 bits per heavy atom. The van der Waals surface area contributed by atoms with E-state index in [9.17, 15) is 8.78 Å². The Morgan fingerprint density at radius 1 is 1.18 bits per heavy atom. The van der Waals surface area contributed by atoms with Gasteiger partial charge in [-0.1, -0.05) is 25.7 Å². The van der Waals surface area contributed by atoms with Gasteiger partial charge in [-0.15, -0.1) is 0 Å². The van der Waals surface area contributed by atoms with Gasteiger partial charge in [0.2, 0.25) is 0 Å². The van der Waals surface area contributed by atoms with Gasteiger partial charge in [-0.25, -0.2) is 8.78 Å². The molecule has 0 N–H and O–H groups in total. The minimum atomic E-state index is -0.841. The average molecular weight is 240 g/mol. The molecule has 17 heavy (non-hydrogen) atoms. The highest BCUT2D eigenvalue weighted by Crippen LogP contribution is 2.28. The molecular formula is C14H18F2O. The molecule has 0 aromatic heterocycles. The van der Waals surface area contributed by atoms with Crippen LogP contribution in [-0.2, 0) is 0 Å². The number of aryl methyl sites for hydroxylation is 1. The molecule has 1 aliphatic rings. The molecule has 2 rings (SSSR count). The highest BCUT2D eigenvalue weighted by molar-refractivity contribution is 5.33. The van der Waals surface area contributed by atoms with Crippen LogP contribution in [0.3, 0.4) is 0 Å². The van der Waals surface area contributed by atoms with E-state index < -0.39 is 11.6 Å². The van der Waals surface area contributed by atoms with Crippen LogP contribution in [0, 0.1) is 24.5 Å². The molecule has 0 spiro atoms. The number of benzene rings is 1. The molecule has 0 amide bonds. The van der Waals surface area contributed by atoms with Crippen molar-refractivity contribution in [1.29, 1.82) is 0 Å². The van der Waals surface area contributed by atoms with Crippen LogP contribution in [0.25, 0.3) is 0 Å². The molecule has 0 atom stereocenters. The molecule has 0 unspecified atom stereocenters. The maximum absolute atomic E-state index is 13.0. The second-order valence-electron chi connectivity index (χ2n) is 4.82. The Labute approximate surface area is 101 Å². The van der Waals surface area contributed by atoms with Gasteiger partial charge in [0.25, 0.3) is 0 Å². The standard InChI is InChI=1S/C14H18F2O/c1-10-8-12(15)13(16)9-14(10)17-7-6-11-4-2-3-5-11/h8-9,11H,2-7H2,1H3. The van der Waals surface area contributed by atoms with Crippen LogP contribution in [0.15, 0.2) is 12.1 Å². The van der Waals surface area contributed by atoms with Crippen molar-refractivity contribution in [1.82, 2.24) is 0 Å². The van der Waals surface area contributed by atoms with Gasteiger partial charge < -0.3 is 4.74 Å². The molecule has 1 saturated carbocycles. The lowest BCUT2D eigenvalue weighted by Gasteiger charge is -2.12. The lowest BCUT2D eigenvalue weighted by atomic mass is 10.1. The van der Waals surface area contributed by atoms with Crippen LogP contribution in [0.2, 0.25) is 0 Å². The Hall–Kier alpha value is -1.12. The van der Waals surface area contributed by atoms with Crippen molar-refractivity contribution in [3.8, 4) is 5.75 Å². The van der Waals surface area contributed by atoms with Crippen molar-refractivity contribution >= 4 is 0 Å². The quantitative estimate of drug-likeness (QED) is 0.765. The molecule has 0 bridgehead atoms. The predicted octanol–water partition coefficient (Wildman–Crippen LogP) is 4.23. The predicted molar refractivity (Wildman–Crippen MR) is 63.2 cm³/mol. The van der Waals surface area contributed by atoms with E-state index >= 15 is 0 Å². The molecule has 94 valence electrons. The zero-order valence-electron chi connectivity index (χ0n) is 10.1. The van der Waals surface area contributed by atoms with Crippen molar-refractivity contribution in [3.63, 3.8) is 0 Å². The Bertz CT molecular complexity index is 384. The summed E-state index contributed by atoms with van der Waals surface area (Å²) < 4.78 is 31.5. The average Bonchev–Trinajstić information content (AvgIpc) is 2.78. The zero-order chi connectivity index (χ0) is 12.3. The summed E-state index contributed by atoms with van der Waals surface area (Å²) in [5.74, 6) is -0.445.